The lowest BCUT2D eigenvalue weighted by Crippen LogP contribution is -2.20. The fourth-order valence-corrected chi connectivity index (χ4v) is 3.09. The van der Waals surface area contributed by atoms with Crippen molar-refractivity contribution in [2.24, 2.45) is 0 Å². The normalized spacial score (nSPS) is 12.3. The molecule has 102 valence electrons. The standard InChI is InChI=1S/C15H25NOS/c1-4-6-7-8-9-10-13(16-5-2)15-14(17-3)11-12-18-15/h4,11-13,16H,1,5-10H2,2-3H3. The minimum Gasteiger partial charge on any atom is -0.496 e. The third-order valence-electron chi connectivity index (χ3n) is 3.05. The summed E-state index contributed by atoms with van der Waals surface area (Å²) in [7, 11) is 1.75. The largest absolute Gasteiger partial charge is 0.496 e. The lowest BCUT2D eigenvalue weighted by atomic mass is 10.1. The van der Waals surface area contributed by atoms with E-state index in [1.807, 2.05) is 6.08 Å². The van der Waals surface area contributed by atoms with E-state index in [2.05, 4.69) is 30.3 Å². The first-order chi connectivity index (χ1) is 8.83. The lowest BCUT2D eigenvalue weighted by Gasteiger charge is -2.17. The molecule has 1 heterocycles. The van der Waals surface area contributed by atoms with Gasteiger partial charge in [0.15, 0.2) is 0 Å². The van der Waals surface area contributed by atoms with Crippen LogP contribution in [0.1, 0.15) is 49.9 Å². The number of thiophene rings is 1. The molecule has 0 amide bonds. The van der Waals surface area contributed by atoms with E-state index in [4.69, 9.17) is 4.74 Å². The van der Waals surface area contributed by atoms with Gasteiger partial charge in [-0.2, -0.15) is 0 Å². The number of allylic oxidation sites excluding steroid dienone is 1. The summed E-state index contributed by atoms with van der Waals surface area (Å²) in [5, 5.41) is 5.67. The molecule has 0 aliphatic rings. The van der Waals surface area contributed by atoms with Crippen molar-refractivity contribution in [1.82, 2.24) is 5.32 Å². The Bertz CT molecular complexity index is 335. The second-order valence-electron chi connectivity index (χ2n) is 4.39. The van der Waals surface area contributed by atoms with Gasteiger partial charge in [0, 0.05) is 6.04 Å². The molecule has 0 spiro atoms. The summed E-state index contributed by atoms with van der Waals surface area (Å²) in [6, 6.07) is 2.50. The summed E-state index contributed by atoms with van der Waals surface area (Å²) in [6.45, 7) is 6.91. The van der Waals surface area contributed by atoms with E-state index < -0.39 is 0 Å². The van der Waals surface area contributed by atoms with E-state index in [-0.39, 0.29) is 0 Å². The maximum absolute atomic E-state index is 5.41. The van der Waals surface area contributed by atoms with Crippen molar-refractivity contribution in [1.29, 1.82) is 0 Å². The van der Waals surface area contributed by atoms with E-state index in [1.165, 1.54) is 30.6 Å². The molecule has 1 unspecified atom stereocenters. The fourth-order valence-electron chi connectivity index (χ4n) is 2.12. The number of unbranched alkanes of at least 4 members (excludes halogenated alkanes) is 3. The summed E-state index contributed by atoms with van der Waals surface area (Å²) in [5.74, 6) is 1.03. The van der Waals surface area contributed by atoms with Gasteiger partial charge in [0.25, 0.3) is 0 Å². The molecule has 0 aliphatic carbocycles. The van der Waals surface area contributed by atoms with Crippen molar-refractivity contribution >= 4 is 11.3 Å². The molecule has 2 nitrogen and oxygen atoms in total. The van der Waals surface area contributed by atoms with Crippen molar-refractivity contribution in [2.75, 3.05) is 13.7 Å². The van der Waals surface area contributed by atoms with Gasteiger partial charge in [-0.25, -0.2) is 0 Å². The number of hydrogen-bond donors (Lipinski definition) is 1. The minimum atomic E-state index is 0.439. The van der Waals surface area contributed by atoms with Crippen LogP contribution >= 0.6 is 11.3 Å². The van der Waals surface area contributed by atoms with E-state index in [0.29, 0.717) is 6.04 Å². The zero-order valence-electron chi connectivity index (χ0n) is 11.6. The monoisotopic (exact) mass is 267 g/mol. The molecule has 1 rings (SSSR count). The molecule has 0 radical (unpaired) electrons. The van der Waals surface area contributed by atoms with Gasteiger partial charge in [-0.05, 0) is 37.3 Å². The zero-order valence-corrected chi connectivity index (χ0v) is 12.4. The number of methoxy groups -OCH3 is 1. The van der Waals surface area contributed by atoms with Crippen molar-refractivity contribution in [3.63, 3.8) is 0 Å². The summed E-state index contributed by atoms with van der Waals surface area (Å²) < 4.78 is 5.41. The first-order valence-corrected chi connectivity index (χ1v) is 7.67. The molecule has 3 heteroatoms. The van der Waals surface area contributed by atoms with Gasteiger partial charge in [0.2, 0.25) is 0 Å². The van der Waals surface area contributed by atoms with Gasteiger partial charge in [0.1, 0.15) is 5.75 Å². The Hall–Kier alpha value is -0.800. The number of nitrogens with one attached hydrogen (secondary N) is 1. The Labute approximate surface area is 115 Å². The highest BCUT2D eigenvalue weighted by molar-refractivity contribution is 7.10. The zero-order chi connectivity index (χ0) is 13.2. The van der Waals surface area contributed by atoms with Crippen LogP contribution in [0.3, 0.4) is 0 Å². The molecule has 1 N–H and O–H groups in total. The molecule has 1 aromatic rings. The van der Waals surface area contributed by atoms with E-state index >= 15 is 0 Å². The molecule has 0 bridgehead atoms. The van der Waals surface area contributed by atoms with E-state index in [9.17, 15) is 0 Å². The summed E-state index contributed by atoms with van der Waals surface area (Å²) in [5.41, 5.74) is 0. The van der Waals surface area contributed by atoms with Crippen molar-refractivity contribution in [3.8, 4) is 5.75 Å². The second kappa shape index (κ2) is 9.17. The SMILES string of the molecule is C=CCCCCCC(NCC)c1sccc1OC. The third kappa shape index (κ3) is 4.83. The highest BCUT2D eigenvalue weighted by atomic mass is 32.1. The van der Waals surface area contributed by atoms with Gasteiger partial charge < -0.3 is 10.1 Å². The molecule has 0 saturated heterocycles. The Morgan fingerprint density at radius 2 is 2.28 bits per heavy atom. The predicted octanol–water partition coefficient (Wildman–Crippen LogP) is 4.54. The quantitative estimate of drug-likeness (QED) is 0.496. The van der Waals surface area contributed by atoms with Gasteiger partial charge in [-0.3, -0.25) is 0 Å². The molecular weight excluding hydrogens is 242 g/mol. The van der Waals surface area contributed by atoms with Crippen LogP contribution in [0.25, 0.3) is 0 Å². The fraction of sp³-hybridized carbons (Fsp3) is 0.600. The van der Waals surface area contributed by atoms with Crippen molar-refractivity contribution in [3.05, 3.63) is 29.0 Å². The van der Waals surface area contributed by atoms with Crippen LogP contribution in [-0.2, 0) is 0 Å². The first kappa shape index (κ1) is 15.3. The topological polar surface area (TPSA) is 21.3 Å². The van der Waals surface area contributed by atoms with Crippen LogP contribution in [0, 0.1) is 0 Å². The maximum atomic E-state index is 5.41. The van der Waals surface area contributed by atoms with Crippen molar-refractivity contribution in [2.45, 2.75) is 45.1 Å². The van der Waals surface area contributed by atoms with Crippen LogP contribution in [-0.4, -0.2) is 13.7 Å². The maximum Gasteiger partial charge on any atom is 0.134 e. The van der Waals surface area contributed by atoms with Gasteiger partial charge in [-0.1, -0.05) is 25.8 Å². The Morgan fingerprint density at radius 1 is 1.44 bits per heavy atom. The Morgan fingerprint density at radius 3 is 2.94 bits per heavy atom. The number of ether oxygens (including phenoxy) is 1. The highest BCUT2D eigenvalue weighted by Gasteiger charge is 2.16. The van der Waals surface area contributed by atoms with Gasteiger partial charge >= 0.3 is 0 Å². The second-order valence-corrected chi connectivity index (χ2v) is 5.34. The predicted molar refractivity (Wildman–Crippen MR) is 80.6 cm³/mol. The number of rotatable bonds is 10. The molecule has 0 fully saturated rings. The van der Waals surface area contributed by atoms with E-state index in [0.717, 1.165) is 18.7 Å². The lowest BCUT2D eigenvalue weighted by molar-refractivity contribution is 0.398. The van der Waals surface area contributed by atoms with Gasteiger partial charge in [0.05, 0.1) is 12.0 Å². The summed E-state index contributed by atoms with van der Waals surface area (Å²) in [4.78, 5) is 1.34. The van der Waals surface area contributed by atoms with Crippen molar-refractivity contribution < 1.29 is 4.74 Å². The molecular formula is C15H25NOS. The molecule has 0 aliphatic heterocycles. The summed E-state index contributed by atoms with van der Waals surface area (Å²) >= 11 is 1.79. The molecule has 0 aromatic carbocycles. The smallest absolute Gasteiger partial charge is 0.134 e. The molecule has 1 aromatic heterocycles. The van der Waals surface area contributed by atoms with Crippen LogP contribution in [0.2, 0.25) is 0 Å². The van der Waals surface area contributed by atoms with E-state index in [1.54, 1.807) is 18.4 Å². The molecule has 1 atom stereocenters. The molecule has 0 saturated carbocycles. The summed E-state index contributed by atoms with van der Waals surface area (Å²) in [6.07, 6.45) is 8.11. The molecule has 18 heavy (non-hydrogen) atoms. The van der Waals surface area contributed by atoms with Crippen LogP contribution in [0.15, 0.2) is 24.1 Å². The average molecular weight is 267 g/mol. The highest BCUT2D eigenvalue weighted by Crippen LogP contribution is 2.33. The van der Waals surface area contributed by atoms with Crippen LogP contribution in [0.4, 0.5) is 0 Å². The Kier molecular flexibility index (Phi) is 7.78. The average Bonchev–Trinajstić information content (AvgIpc) is 2.85. The van der Waals surface area contributed by atoms with Crippen LogP contribution < -0.4 is 10.1 Å². The Balaban J connectivity index is 2.46. The van der Waals surface area contributed by atoms with Gasteiger partial charge in [-0.15, -0.1) is 17.9 Å². The van der Waals surface area contributed by atoms with Crippen LogP contribution in [0.5, 0.6) is 5.75 Å². The minimum absolute atomic E-state index is 0.439. The number of hydrogen-bond acceptors (Lipinski definition) is 3. The first-order valence-electron chi connectivity index (χ1n) is 6.79. The third-order valence-corrected chi connectivity index (χ3v) is 4.06.